The predicted octanol–water partition coefficient (Wildman–Crippen LogP) is 4.35. The summed E-state index contributed by atoms with van der Waals surface area (Å²) >= 11 is 12.0. The molecule has 0 aliphatic heterocycles. The molecule has 0 saturated carbocycles. The molecule has 6 heteroatoms. The molecule has 0 bridgehead atoms. The average molecular weight is 398 g/mol. The zero-order chi connectivity index (χ0) is 19.2. The number of ether oxygens (including phenoxy) is 2. The van der Waals surface area contributed by atoms with E-state index >= 15 is 0 Å². The zero-order valence-electron chi connectivity index (χ0n) is 15.3. The minimum atomic E-state index is -0.666. The van der Waals surface area contributed by atoms with Gasteiger partial charge in [-0.05, 0) is 50.1 Å². The van der Waals surface area contributed by atoms with Crippen LogP contribution < -0.4 is 14.8 Å². The van der Waals surface area contributed by atoms with Crippen molar-refractivity contribution in [3.63, 3.8) is 0 Å². The maximum absolute atomic E-state index is 10.2. The molecule has 1 unspecified atom stereocenters. The second-order valence-electron chi connectivity index (χ2n) is 6.83. The second kappa shape index (κ2) is 9.47. The molecule has 4 nitrogen and oxygen atoms in total. The number of benzene rings is 2. The van der Waals surface area contributed by atoms with Gasteiger partial charge < -0.3 is 19.9 Å². The fraction of sp³-hybridized carbons (Fsp3) is 0.400. The van der Waals surface area contributed by atoms with Crippen LogP contribution in [0.4, 0.5) is 0 Å². The molecule has 2 aromatic carbocycles. The minimum absolute atomic E-state index is 0.131. The molecule has 0 aromatic heterocycles. The molecule has 0 spiro atoms. The van der Waals surface area contributed by atoms with E-state index in [2.05, 4.69) is 19.2 Å². The zero-order valence-corrected chi connectivity index (χ0v) is 16.8. The van der Waals surface area contributed by atoms with E-state index < -0.39 is 6.10 Å². The van der Waals surface area contributed by atoms with Gasteiger partial charge in [-0.25, -0.2) is 0 Å². The quantitative estimate of drug-likeness (QED) is 0.659. The van der Waals surface area contributed by atoms with E-state index in [1.54, 1.807) is 25.3 Å². The van der Waals surface area contributed by atoms with Gasteiger partial charge in [0.25, 0.3) is 0 Å². The summed E-state index contributed by atoms with van der Waals surface area (Å²) in [5.74, 6) is 1.31. The first-order valence-corrected chi connectivity index (χ1v) is 9.18. The second-order valence-corrected chi connectivity index (χ2v) is 7.67. The molecule has 0 fully saturated rings. The number of nitrogens with one attached hydrogen (secondary N) is 1. The number of halogens is 2. The van der Waals surface area contributed by atoms with Crippen LogP contribution in [0.1, 0.15) is 19.4 Å². The maximum atomic E-state index is 10.2. The molecule has 142 valence electrons. The van der Waals surface area contributed by atoms with Gasteiger partial charge in [0.2, 0.25) is 0 Å². The van der Waals surface area contributed by atoms with Crippen LogP contribution in [0.2, 0.25) is 10.0 Å². The predicted molar refractivity (Wildman–Crippen MR) is 107 cm³/mol. The highest BCUT2D eigenvalue weighted by Gasteiger charge is 2.19. The number of methoxy groups -OCH3 is 1. The van der Waals surface area contributed by atoms with E-state index in [1.165, 1.54) is 5.56 Å². The first-order valence-electron chi connectivity index (χ1n) is 8.43. The van der Waals surface area contributed by atoms with E-state index in [0.29, 0.717) is 22.3 Å². The van der Waals surface area contributed by atoms with Crippen LogP contribution in [-0.4, -0.2) is 37.0 Å². The Labute approximate surface area is 165 Å². The monoisotopic (exact) mass is 397 g/mol. The van der Waals surface area contributed by atoms with Crippen molar-refractivity contribution in [1.29, 1.82) is 0 Å². The fourth-order valence-electron chi connectivity index (χ4n) is 2.54. The molecule has 2 N–H and O–H groups in total. The molecule has 2 rings (SSSR count). The molecular formula is C20H25Cl2NO3. The van der Waals surface area contributed by atoms with Crippen molar-refractivity contribution < 1.29 is 14.6 Å². The van der Waals surface area contributed by atoms with Crippen molar-refractivity contribution in [2.24, 2.45) is 0 Å². The van der Waals surface area contributed by atoms with Gasteiger partial charge in [0, 0.05) is 23.2 Å². The smallest absolute Gasteiger partial charge is 0.139 e. The lowest BCUT2D eigenvalue weighted by Gasteiger charge is -2.28. The standard InChI is InChI=1S/C20H25Cl2NO3/c1-20(2,11-14-4-7-17(25-3)8-5-14)23-12-16(24)13-26-19-10-15(21)6-9-18(19)22/h4-10,16,23-24H,11-13H2,1-3H3. The maximum Gasteiger partial charge on any atom is 0.139 e. The minimum Gasteiger partial charge on any atom is -0.497 e. The summed E-state index contributed by atoms with van der Waals surface area (Å²) in [6.07, 6.45) is 0.158. The first kappa shape index (κ1) is 20.8. The van der Waals surface area contributed by atoms with Gasteiger partial charge in [0.15, 0.2) is 0 Å². The van der Waals surface area contributed by atoms with Crippen LogP contribution in [0.25, 0.3) is 0 Å². The lowest BCUT2D eigenvalue weighted by molar-refractivity contribution is 0.0989. The number of rotatable bonds is 9. The van der Waals surface area contributed by atoms with Crippen LogP contribution in [-0.2, 0) is 6.42 Å². The Morgan fingerprint density at radius 1 is 1.12 bits per heavy atom. The van der Waals surface area contributed by atoms with Crippen LogP contribution in [0.15, 0.2) is 42.5 Å². The average Bonchev–Trinajstić information content (AvgIpc) is 2.61. The van der Waals surface area contributed by atoms with Crippen LogP contribution in [0, 0.1) is 0 Å². The number of aliphatic hydroxyl groups is 1. The molecule has 2 aromatic rings. The highest BCUT2D eigenvalue weighted by atomic mass is 35.5. The van der Waals surface area contributed by atoms with Gasteiger partial charge in [-0.15, -0.1) is 0 Å². The van der Waals surface area contributed by atoms with Crippen molar-refractivity contribution in [2.75, 3.05) is 20.3 Å². The van der Waals surface area contributed by atoms with Gasteiger partial charge >= 0.3 is 0 Å². The molecule has 26 heavy (non-hydrogen) atoms. The highest BCUT2D eigenvalue weighted by molar-refractivity contribution is 6.34. The Hall–Kier alpha value is -1.46. The van der Waals surface area contributed by atoms with Crippen molar-refractivity contribution in [3.05, 3.63) is 58.1 Å². The summed E-state index contributed by atoms with van der Waals surface area (Å²) < 4.78 is 10.7. The van der Waals surface area contributed by atoms with Gasteiger partial charge in [-0.1, -0.05) is 35.3 Å². The van der Waals surface area contributed by atoms with Gasteiger partial charge in [-0.2, -0.15) is 0 Å². The molecule has 0 heterocycles. The Kier molecular flexibility index (Phi) is 7.59. The normalized spacial score (nSPS) is 12.7. The molecule has 0 amide bonds. The Bertz CT molecular complexity index is 705. The number of hydrogen-bond donors (Lipinski definition) is 2. The summed E-state index contributed by atoms with van der Waals surface area (Å²) in [4.78, 5) is 0. The SMILES string of the molecule is COc1ccc(CC(C)(C)NCC(O)COc2cc(Cl)ccc2Cl)cc1. The third-order valence-corrected chi connectivity index (χ3v) is 4.49. The van der Waals surface area contributed by atoms with E-state index in [1.807, 2.05) is 24.3 Å². The van der Waals surface area contributed by atoms with Gasteiger partial charge in [-0.3, -0.25) is 0 Å². The summed E-state index contributed by atoms with van der Waals surface area (Å²) in [5, 5.41) is 14.6. The largest absolute Gasteiger partial charge is 0.497 e. The number of hydrogen-bond acceptors (Lipinski definition) is 4. The molecule has 0 saturated heterocycles. The lowest BCUT2D eigenvalue weighted by Crippen LogP contribution is -2.46. The fourth-order valence-corrected chi connectivity index (χ4v) is 2.88. The van der Waals surface area contributed by atoms with E-state index in [-0.39, 0.29) is 12.1 Å². The van der Waals surface area contributed by atoms with Crippen molar-refractivity contribution in [1.82, 2.24) is 5.32 Å². The van der Waals surface area contributed by atoms with Crippen molar-refractivity contribution in [2.45, 2.75) is 31.9 Å². The summed E-state index contributed by atoms with van der Waals surface area (Å²) in [5.41, 5.74) is 1.02. The van der Waals surface area contributed by atoms with Crippen LogP contribution in [0.3, 0.4) is 0 Å². The first-order chi connectivity index (χ1) is 12.3. The van der Waals surface area contributed by atoms with E-state index in [9.17, 15) is 5.11 Å². The van der Waals surface area contributed by atoms with Crippen LogP contribution in [0.5, 0.6) is 11.5 Å². The third-order valence-electron chi connectivity index (χ3n) is 3.95. The van der Waals surface area contributed by atoms with Crippen LogP contribution >= 0.6 is 23.2 Å². The Morgan fingerprint density at radius 3 is 2.46 bits per heavy atom. The molecular weight excluding hydrogens is 373 g/mol. The van der Waals surface area contributed by atoms with Crippen molar-refractivity contribution in [3.8, 4) is 11.5 Å². The molecule has 1 atom stereocenters. The molecule has 0 aliphatic carbocycles. The highest BCUT2D eigenvalue weighted by Crippen LogP contribution is 2.27. The Morgan fingerprint density at radius 2 is 1.81 bits per heavy atom. The van der Waals surface area contributed by atoms with Gasteiger partial charge in [0.1, 0.15) is 24.2 Å². The topological polar surface area (TPSA) is 50.7 Å². The summed E-state index contributed by atoms with van der Waals surface area (Å²) in [6.45, 7) is 4.73. The summed E-state index contributed by atoms with van der Waals surface area (Å²) in [6, 6.07) is 13.0. The van der Waals surface area contributed by atoms with E-state index in [0.717, 1.165) is 12.2 Å². The molecule has 0 aliphatic rings. The summed E-state index contributed by atoms with van der Waals surface area (Å²) in [7, 11) is 1.65. The van der Waals surface area contributed by atoms with Crippen molar-refractivity contribution >= 4 is 23.2 Å². The number of aliphatic hydroxyl groups excluding tert-OH is 1. The lowest BCUT2D eigenvalue weighted by atomic mass is 9.94. The Balaban J connectivity index is 1.80. The molecule has 0 radical (unpaired) electrons. The number of β-amino-alcohol motifs (C(OH)–C–C–N with tert-alkyl or cyclic N) is 1. The van der Waals surface area contributed by atoms with Gasteiger partial charge in [0.05, 0.1) is 12.1 Å². The van der Waals surface area contributed by atoms with E-state index in [4.69, 9.17) is 32.7 Å². The third kappa shape index (κ3) is 6.69.